The molecule has 1 aromatic rings. The minimum atomic E-state index is 0.465. The summed E-state index contributed by atoms with van der Waals surface area (Å²) in [6.45, 7) is 7.74. The van der Waals surface area contributed by atoms with Gasteiger partial charge in [0.05, 0.1) is 7.11 Å². The summed E-state index contributed by atoms with van der Waals surface area (Å²) >= 11 is 2.08. The van der Waals surface area contributed by atoms with Gasteiger partial charge in [-0.15, -0.1) is 0 Å². The molecule has 2 atom stereocenters. The van der Waals surface area contributed by atoms with Crippen molar-refractivity contribution < 1.29 is 4.74 Å². The lowest BCUT2D eigenvalue weighted by molar-refractivity contribution is 0.413. The Kier molecular flexibility index (Phi) is 4.57. The van der Waals surface area contributed by atoms with Gasteiger partial charge in [-0.1, -0.05) is 26.8 Å². The van der Waals surface area contributed by atoms with Gasteiger partial charge in [0, 0.05) is 11.3 Å². The standard InChI is InChI=1S/C15H23NOS/c1-5-16-15-13-9-12(17-4)7-6-11(13)8-14(15)18-10(2)3/h6-7,9-10,14-16H,5,8H2,1-4H3. The Hall–Kier alpha value is -0.670. The van der Waals surface area contributed by atoms with Crippen molar-refractivity contribution in [1.29, 1.82) is 0 Å². The van der Waals surface area contributed by atoms with E-state index in [9.17, 15) is 0 Å². The average molecular weight is 265 g/mol. The molecule has 1 N–H and O–H groups in total. The van der Waals surface area contributed by atoms with Gasteiger partial charge in [-0.25, -0.2) is 0 Å². The van der Waals surface area contributed by atoms with E-state index in [0.717, 1.165) is 12.3 Å². The maximum atomic E-state index is 5.35. The lowest BCUT2D eigenvalue weighted by Crippen LogP contribution is -2.27. The molecule has 0 bridgehead atoms. The first-order valence-electron chi connectivity index (χ1n) is 6.71. The molecule has 0 spiro atoms. The zero-order valence-electron chi connectivity index (χ0n) is 11.7. The van der Waals surface area contributed by atoms with Gasteiger partial charge in [-0.3, -0.25) is 0 Å². The lowest BCUT2D eigenvalue weighted by atomic mass is 10.1. The molecule has 0 amide bonds. The Morgan fingerprint density at radius 3 is 2.83 bits per heavy atom. The first-order valence-corrected chi connectivity index (χ1v) is 7.65. The third kappa shape index (κ3) is 2.83. The molecule has 0 aliphatic heterocycles. The lowest BCUT2D eigenvalue weighted by Gasteiger charge is -2.22. The minimum absolute atomic E-state index is 0.465. The Morgan fingerprint density at radius 2 is 2.22 bits per heavy atom. The summed E-state index contributed by atoms with van der Waals surface area (Å²) in [6, 6.07) is 6.96. The second kappa shape index (κ2) is 5.98. The van der Waals surface area contributed by atoms with Crippen molar-refractivity contribution in [2.75, 3.05) is 13.7 Å². The van der Waals surface area contributed by atoms with Crippen molar-refractivity contribution in [2.45, 2.75) is 43.7 Å². The molecule has 0 aromatic heterocycles. The monoisotopic (exact) mass is 265 g/mol. The highest BCUT2D eigenvalue weighted by molar-refractivity contribution is 8.00. The third-order valence-electron chi connectivity index (χ3n) is 3.35. The molecule has 0 radical (unpaired) electrons. The van der Waals surface area contributed by atoms with Crippen molar-refractivity contribution in [3.8, 4) is 5.75 Å². The Balaban J connectivity index is 2.25. The molecule has 0 saturated carbocycles. The fraction of sp³-hybridized carbons (Fsp3) is 0.600. The van der Waals surface area contributed by atoms with E-state index in [1.807, 2.05) is 0 Å². The zero-order valence-corrected chi connectivity index (χ0v) is 12.5. The Labute approximate surface area is 114 Å². The third-order valence-corrected chi connectivity index (χ3v) is 4.68. The normalized spacial score (nSPS) is 22.3. The first-order chi connectivity index (χ1) is 8.65. The molecule has 0 saturated heterocycles. The van der Waals surface area contributed by atoms with Crippen LogP contribution in [0.25, 0.3) is 0 Å². The molecule has 0 heterocycles. The fourth-order valence-corrected chi connectivity index (χ4v) is 4.02. The van der Waals surface area contributed by atoms with E-state index in [1.165, 1.54) is 17.5 Å². The number of nitrogens with one attached hydrogen (secondary N) is 1. The van der Waals surface area contributed by atoms with Gasteiger partial charge >= 0.3 is 0 Å². The predicted octanol–water partition coefficient (Wildman–Crippen LogP) is 3.41. The van der Waals surface area contributed by atoms with Crippen LogP contribution in [0.3, 0.4) is 0 Å². The van der Waals surface area contributed by atoms with Crippen LogP contribution in [0.5, 0.6) is 5.75 Å². The van der Waals surface area contributed by atoms with Gasteiger partial charge in [0.25, 0.3) is 0 Å². The van der Waals surface area contributed by atoms with E-state index in [4.69, 9.17) is 4.74 Å². The summed E-state index contributed by atoms with van der Waals surface area (Å²) < 4.78 is 5.35. The van der Waals surface area contributed by atoms with E-state index < -0.39 is 0 Å². The van der Waals surface area contributed by atoms with Gasteiger partial charge in [0.1, 0.15) is 5.75 Å². The molecule has 18 heavy (non-hydrogen) atoms. The Bertz CT molecular complexity index is 405. The summed E-state index contributed by atoms with van der Waals surface area (Å²) in [6.07, 6.45) is 1.17. The second-order valence-electron chi connectivity index (χ2n) is 5.03. The number of benzene rings is 1. The van der Waals surface area contributed by atoms with Gasteiger partial charge in [-0.2, -0.15) is 11.8 Å². The second-order valence-corrected chi connectivity index (χ2v) is 6.85. The average Bonchev–Trinajstić information content (AvgIpc) is 2.66. The van der Waals surface area contributed by atoms with Crippen molar-refractivity contribution in [3.63, 3.8) is 0 Å². The first kappa shape index (κ1) is 13.8. The summed E-state index contributed by atoms with van der Waals surface area (Å²) in [5.74, 6) is 0.965. The number of ether oxygens (including phenoxy) is 1. The van der Waals surface area contributed by atoms with Crippen LogP contribution >= 0.6 is 11.8 Å². The molecule has 1 aliphatic carbocycles. The molecule has 2 rings (SSSR count). The van der Waals surface area contributed by atoms with Crippen LogP contribution in [-0.2, 0) is 6.42 Å². The highest BCUT2D eigenvalue weighted by atomic mass is 32.2. The van der Waals surface area contributed by atoms with Crippen molar-refractivity contribution in [1.82, 2.24) is 5.32 Å². The maximum Gasteiger partial charge on any atom is 0.119 e. The topological polar surface area (TPSA) is 21.3 Å². The number of methoxy groups -OCH3 is 1. The summed E-state index contributed by atoms with van der Waals surface area (Å²) in [7, 11) is 1.74. The van der Waals surface area contributed by atoms with E-state index in [1.54, 1.807) is 7.11 Å². The van der Waals surface area contributed by atoms with E-state index in [2.05, 4.69) is 56.0 Å². The van der Waals surface area contributed by atoms with Crippen LogP contribution in [-0.4, -0.2) is 24.2 Å². The number of rotatable bonds is 5. The SMILES string of the molecule is CCNC1c2cc(OC)ccc2CC1SC(C)C. The van der Waals surface area contributed by atoms with E-state index >= 15 is 0 Å². The molecule has 1 aromatic carbocycles. The van der Waals surface area contributed by atoms with Gasteiger partial charge in [-0.05, 0) is 41.5 Å². The number of fused-ring (bicyclic) bond motifs is 1. The molecule has 1 aliphatic rings. The molecule has 2 nitrogen and oxygen atoms in total. The van der Waals surface area contributed by atoms with Crippen LogP contribution in [0.1, 0.15) is 37.9 Å². The molecule has 3 heteroatoms. The highest BCUT2D eigenvalue weighted by Gasteiger charge is 2.32. The molecule has 100 valence electrons. The van der Waals surface area contributed by atoms with Crippen LogP contribution in [0, 0.1) is 0 Å². The molecular weight excluding hydrogens is 242 g/mol. The molecular formula is C15H23NOS. The van der Waals surface area contributed by atoms with Gasteiger partial charge < -0.3 is 10.1 Å². The van der Waals surface area contributed by atoms with E-state index in [-0.39, 0.29) is 0 Å². The van der Waals surface area contributed by atoms with Crippen molar-refractivity contribution in [3.05, 3.63) is 29.3 Å². The summed E-state index contributed by atoms with van der Waals surface area (Å²) in [4.78, 5) is 0. The number of thioether (sulfide) groups is 1. The number of hydrogen-bond acceptors (Lipinski definition) is 3. The Morgan fingerprint density at radius 1 is 1.44 bits per heavy atom. The molecule has 2 unspecified atom stereocenters. The number of hydrogen-bond donors (Lipinski definition) is 1. The maximum absolute atomic E-state index is 5.35. The van der Waals surface area contributed by atoms with Crippen LogP contribution in [0.2, 0.25) is 0 Å². The van der Waals surface area contributed by atoms with Gasteiger partial charge in [0.2, 0.25) is 0 Å². The van der Waals surface area contributed by atoms with Crippen molar-refractivity contribution in [2.24, 2.45) is 0 Å². The summed E-state index contributed by atoms with van der Waals surface area (Å²) in [5.41, 5.74) is 2.90. The minimum Gasteiger partial charge on any atom is -0.497 e. The van der Waals surface area contributed by atoms with Crippen LogP contribution in [0.4, 0.5) is 0 Å². The molecule has 0 fully saturated rings. The zero-order chi connectivity index (χ0) is 13.1. The smallest absolute Gasteiger partial charge is 0.119 e. The van der Waals surface area contributed by atoms with Crippen molar-refractivity contribution >= 4 is 11.8 Å². The van der Waals surface area contributed by atoms with Crippen LogP contribution in [0.15, 0.2) is 18.2 Å². The summed E-state index contributed by atoms with van der Waals surface area (Å²) in [5, 5.41) is 4.95. The van der Waals surface area contributed by atoms with Gasteiger partial charge in [0.15, 0.2) is 0 Å². The largest absolute Gasteiger partial charge is 0.497 e. The van der Waals surface area contributed by atoms with E-state index in [0.29, 0.717) is 16.5 Å². The quantitative estimate of drug-likeness (QED) is 0.881. The predicted molar refractivity (Wildman–Crippen MR) is 79.6 cm³/mol. The fourth-order valence-electron chi connectivity index (χ4n) is 2.65. The van der Waals surface area contributed by atoms with Crippen LogP contribution < -0.4 is 10.1 Å². The highest BCUT2D eigenvalue weighted by Crippen LogP contribution is 2.41.